The van der Waals surface area contributed by atoms with E-state index < -0.39 is 0 Å². The van der Waals surface area contributed by atoms with Crippen LogP contribution in [-0.2, 0) is 17.6 Å². The molecule has 1 atom stereocenters. The van der Waals surface area contributed by atoms with E-state index in [9.17, 15) is 4.79 Å². The van der Waals surface area contributed by atoms with Gasteiger partial charge in [-0.3, -0.25) is 9.48 Å². The zero-order chi connectivity index (χ0) is 17.2. The molecule has 0 spiro atoms. The van der Waals surface area contributed by atoms with Crippen molar-refractivity contribution in [1.82, 2.24) is 14.8 Å². The van der Waals surface area contributed by atoms with Crippen molar-refractivity contribution in [2.24, 2.45) is 11.8 Å². The zero-order valence-electron chi connectivity index (χ0n) is 14.4. The first-order valence-electron chi connectivity index (χ1n) is 9.33. The molecule has 2 aromatic heterocycles. The van der Waals surface area contributed by atoms with E-state index in [2.05, 4.69) is 16.3 Å². The smallest absolute Gasteiger partial charge is 0.164 e. The molecule has 2 heterocycles. The van der Waals surface area contributed by atoms with Crippen LogP contribution in [0.3, 0.4) is 0 Å². The summed E-state index contributed by atoms with van der Waals surface area (Å²) >= 11 is 7.36. The molecule has 0 saturated heterocycles. The molecule has 0 N–H and O–H groups in total. The SMILES string of the molecule is O=C(Cc1ncc(Cl)s1)[C@H](CC1CCCC1)n1cc(CC2CC2)cn1. The molecule has 0 bridgehead atoms. The quantitative estimate of drug-likeness (QED) is 0.658. The second kappa shape index (κ2) is 7.58. The lowest BCUT2D eigenvalue weighted by molar-refractivity contribution is -0.122. The Kier molecular flexibility index (Phi) is 5.23. The normalized spacial score (nSPS) is 19.4. The number of carbonyl (C=O) groups is 1. The van der Waals surface area contributed by atoms with Crippen LogP contribution >= 0.6 is 22.9 Å². The largest absolute Gasteiger partial charge is 0.297 e. The van der Waals surface area contributed by atoms with E-state index in [1.807, 2.05) is 10.9 Å². The van der Waals surface area contributed by atoms with Crippen LogP contribution in [-0.4, -0.2) is 20.5 Å². The number of thiazole rings is 1. The van der Waals surface area contributed by atoms with Crippen molar-refractivity contribution in [3.8, 4) is 0 Å². The van der Waals surface area contributed by atoms with Crippen molar-refractivity contribution in [2.75, 3.05) is 0 Å². The Morgan fingerprint density at radius 2 is 2.04 bits per heavy atom. The number of hydrogen-bond donors (Lipinski definition) is 0. The molecule has 2 aliphatic rings. The molecule has 2 aromatic rings. The molecule has 0 unspecified atom stereocenters. The number of aromatic nitrogens is 3. The van der Waals surface area contributed by atoms with Gasteiger partial charge in [0.05, 0.1) is 18.8 Å². The molecule has 25 heavy (non-hydrogen) atoms. The minimum atomic E-state index is -0.168. The fourth-order valence-corrected chi connectivity index (χ4v) is 4.86. The average molecular weight is 378 g/mol. The number of halogens is 1. The molecule has 6 heteroatoms. The first kappa shape index (κ1) is 17.2. The van der Waals surface area contributed by atoms with Crippen LogP contribution in [0.15, 0.2) is 18.6 Å². The molecule has 134 valence electrons. The summed E-state index contributed by atoms with van der Waals surface area (Å²) in [5.74, 6) is 1.68. The predicted octanol–water partition coefficient (Wildman–Crippen LogP) is 4.88. The van der Waals surface area contributed by atoms with Crippen molar-refractivity contribution in [2.45, 2.75) is 63.8 Å². The van der Waals surface area contributed by atoms with Gasteiger partial charge in [0.25, 0.3) is 0 Å². The van der Waals surface area contributed by atoms with Gasteiger partial charge in [-0.2, -0.15) is 5.10 Å². The van der Waals surface area contributed by atoms with Crippen LogP contribution < -0.4 is 0 Å². The topological polar surface area (TPSA) is 47.8 Å². The lowest BCUT2D eigenvalue weighted by Gasteiger charge is -2.20. The van der Waals surface area contributed by atoms with Gasteiger partial charge in [0, 0.05) is 6.20 Å². The zero-order valence-corrected chi connectivity index (χ0v) is 15.9. The van der Waals surface area contributed by atoms with E-state index in [1.165, 1.54) is 55.4 Å². The Morgan fingerprint density at radius 1 is 1.24 bits per heavy atom. The van der Waals surface area contributed by atoms with Crippen LogP contribution in [0.5, 0.6) is 0 Å². The van der Waals surface area contributed by atoms with Crippen LogP contribution in [0, 0.1) is 11.8 Å². The van der Waals surface area contributed by atoms with Gasteiger partial charge in [-0.1, -0.05) is 37.3 Å². The predicted molar refractivity (Wildman–Crippen MR) is 100 cm³/mol. The number of rotatable bonds is 8. The van der Waals surface area contributed by atoms with Gasteiger partial charge in [-0.25, -0.2) is 4.98 Å². The molecule has 0 amide bonds. The number of ketones is 1. The van der Waals surface area contributed by atoms with Gasteiger partial charge in [0.1, 0.15) is 15.4 Å². The molecule has 0 aliphatic heterocycles. The van der Waals surface area contributed by atoms with Crippen LogP contribution in [0.4, 0.5) is 0 Å². The number of nitrogens with zero attached hydrogens (tertiary/aromatic N) is 3. The standard InChI is InChI=1S/C19H24ClN3OS/c20-18-11-21-19(25-18)9-17(24)16(8-13-3-1-2-4-13)23-12-15(10-22-23)7-14-5-6-14/h10-14,16H,1-9H2/t16-/m0/s1. The van der Waals surface area contributed by atoms with E-state index in [0.29, 0.717) is 16.7 Å². The van der Waals surface area contributed by atoms with Crippen molar-refractivity contribution in [1.29, 1.82) is 0 Å². The second-order valence-corrected chi connectivity index (χ2v) is 9.33. The second-order valence-electron chi connectivity index (χ2n) is 7.58. The fraction of sp³-hybridized carbons (Fsp3) is 0.632. The van der Waals surface area contributed by atoms with Gasteiger partial charge in [-0.05, 0) is 43.1 Å². The maximum absolute atomic E-state index is 13.0. The summed E-state index contributed by atoms with van der Waals surface area (Å²) < 4.78 is 2.56. The van der Waals surface area contributed by atoms with Crippen molar-refractivity contribution < 1.29 is 4.79 Å². The van der Waals surface area contributed by atoms with Crippen molar-refractivity contribution in [3.05, 3.63) is 33.5 Å². The molecule has 4 nitrogen and oxygen atoms in total. The van der Waals surface area contributed by atoms with Gasteiger partial charge >= 0.3 is 0 Å². The molecular weight excluding hydrogens is 354 g/mol. The minimum Gasteiger partial charge on any atom is -0.297 e. The summed E-state index contributed by atoms with van der Waals surface area (Å²) in [5.41, 5.74) is 1.27. The highest BCUT2D eigenvalue weighted by Gasteiger charge is 2.28. The molecule has 2 saturated carbocycles. The number of hydrogen-bond acceptors (Lipinski definition) is 4. The Morgan fingerprint density at radius 3 is 2.72 bits per heavy atom. The van der Waals surface area contributed by atoms with Gasteiger partial charge in [-0.15, -0.1) is 11.3 Å². The summed E-state index contributed by atoms with van der Waals surface area (Å²) in [5, 5.41) is 5.36. The molecule has 2 aliphatic carbocycles. The van der Waals surface area contributed by atoms with Crippen LogP contribution in [0.2, 0.25) is 4.34 Å². The van der Waals surface area contributed by atoms with Gasteiger partial charge < -0.3 is 0 Å². The highest BCUT2D eigenvalue weighted by Crippen LogP contribution is 2.35. The Bertz CT molecular complexity index is 731. The number of Topliss-reactive ketones (excluding diaryl/α,β-unsaturated/α-hetero) is 1. The third-order valence-corrected chi connectivity index (χ3v) is 6.56. The summed E-state index contributed by atoms with van der Waals surface area (Å²) in [6.45, 7) is 0. The van der Waals surface area contributed by atoms with Gasteiger partial charge in [0.15, 0.2) is 5.78 Å². The van der Waals surface area contributed by atoms with Crippen molar-refractivity contribution >= 4 is 28.7 Å². The third kappa shape index (κ3) is 4.50. The molecule has 0 radical (unpaired) electrons. The minimum absolute atomic E-state index is 0.168. The fourth-order valence-electron chi connectivity index (χ4n) is 3.89. The molecular formula is C19H24ClN3OS. The lowest BCUT2D eigenvalue weighted by atomic mass is 9.95. The highest BCUT2D eigenvalue weighted by molar-refractivity contribution is 7.15. The van der Waals surface area contributed by atoms with E-state index in [4.69, 9.17) is 11.6 Å². The maximum Gasteiger partial charge on any atom is 0.164 e. The molecule has 0 aromatic carbocycles. The first-order valence-corrected chi connectivity index (χ1v) is 10.5. The van der Waals surface area contributed by atoms with Gasteiger partial charge in [0.2, 0.25) is 0 Å². The van der Waals surface area contributed by atoms with E-state index in [0.717, 1.165) is 23.8 Å². The van der Waals surface area contributed by atoms with E-state index in [1.54, 1.807) is 6.20 Å². The summed E-state index contributed by atoms with van der Waals surface area (Å²) in [6.07, 6.45) is 15.8. The number of carbonyl (C=O) groups excluding carboxylic acids is 1. The van der Waals surface area contributed by atoms with Crippen molar-refractivity contribution in [3.63, 3.8) is 0 Å². The van der Waals surface area contributed by atoms with E-state index >= 15 is 0 Å². The maximum atomic E-state index is 13.0. The molecule has 2 fully saturated rings. The highest BCUT2D eigenvalue weighted by atomic mass is 35.5. The van der Waals surface area contributed by atoms with E-state index in [-0.39, 0.29) is 11.8 Å². The lowest BCUT2D eigenvalue weighted by Crippen LogP contribution is -2.24. The first-order chi connectivity index (χ1) is 12.2. The summed E-state index contributed by atoms with van der Waals surface area (Å²) in [6, 6.07) is -0.168. The summed E-state index contributed by atoms with van der Waals surface area (Å²) in [7, 11) is 0. The Labute approximate surface area is 157 Å². The van der Waals surface area contributed by atoms with Crippen LogP contribution in [0.1, 0.15) is 61.6 Å². The monoisotopic (exact) mass is 377 g/mol. The Balaban J connectivity index is 1.49. The molecule has 4 rings (SSSR count). The summed E-state index contributed by atoms with van der Waals surface area (Å²) in [4.78, 5) is 17.3. The average Bonchev–Trinajstić information content (AvgIpc) is 2.97. The van der Waals surface area contributed by atoms with Crippen LogP contribution in [0.25, 0.3) is 0 Å². The Hall–Kier alpha value is -1.20. The third-order valence-electron chi connectivity index (χ3n) is 5.45.